The van der Waals surface area contributed by atoms with Gasteiger partial charge in [-0.15, -0.1) is 0 Å². The molecule has 3 aromatic carbocycles. The molecule has 0 aliphatic carbocycles. The number of nitro benzene ring substituents is 1. The lowest BCUT2D eigenvalue weighted by Crippen LogP contribution is -2.25. The molecular weight excluding hydrogens is 434 g/mol. The van der Waals surface area contributed by atoms with Crippen LogP contribution in [0.25, 0.3) is 11.0 Å². The molecule has 176 valence electrons. The largest absolute Gasteiger partial charge is 0.491 e. The molecule has 0 bridgehead atoms. The average molecular weight is 462 g/mol. The fraction of sp³-hybridized carbons (Fsp3) is 0.269. The zero-order chi connectivity index (χ0) is 24.2. The fourth-order valence-corrected chi connectivity index (χ4v) is 4.09. The lowest BCUT2D eigenvalue weighted by molar-refractivity contribution is -0.384. The number of aryl methyl sites for hydroxylation is 3. The maximum Gasteiger partial charge on any atom is 0.269 e. The Hall–Kier alpha value is -3.91. The second kappa shape index (κ2) is 9.93. The highest BCUT2D eigenvalue weighted by Crippen LogP contribution is 2.26. The highest BCUT2D eigenvalue weighted by molar-refractivity contribution is 5.75. The second-order valence-corrected chi connectivity index (χ2v) is 8.36. The monoisotopic (exact) mass is 461 g/mol. The zero-order valence-electron chi connectivity index (χ0n) is 19.4. The van der Waals surface area contributed by atoms with E-state index in [-0.39, 0.29) is 25.4 Å². The van der Waals surface area contributed by atoms with E-state index in [9.17, 15) is 15.2 Å². The van der Waals surface area contributed by atoms with Crippen LogP contribution in [0.5, 0.6) is 11.5 Å². The normalized spacial score (nSPS) is 12.0. The summed E-state index contributed by atoms with van der Waals surface area (Å²) in [4.78, 5) is 15.1. The molecular formula is C26H27N3O5. The Labute approximate surface area is 197 Å². The van der Waals surface area contributed by atoms with E-state index >= 15 is 0 Å². The number of benzene rings is 3. The van der Waals surface area contributed by atoms with Gasteiger partial charge in [0.2, 0.25) is 0 Å². The number of nitrogens with zero attached hydrogens (tertiary/aromatic N) is 3. The van der Waals surface area contributed by atoms with Crippen molar-refractivity contribution in [1.29, 1.82) is 0 Å². The highest BCUT2D eigenvalue weighted by Gasteiger charge is 2.16. The van der Waals surface area contributed by atoms with Gasteiger partial charge >= 0.3 is 0 Å². The Morgan fingerprint density at radius 3 is 2.38 bits per heavy atom. The highest BCUT2D eigenvalue weighted by atomic mass is 16.6. The summed E-state index contributed by atoms with van der Waals surface area (Å²) in [5.41, 5.74) is 5.02. The van der Waals surface area contributed by atoms with Gasteiger partial charge in [0.25, 0.3) is 5.69 Å². The van der Waals surface area contributed by atoms with Crippen LogP contribution in [0.1, 0.15) is 22.5 Å². The third-order valence-electron chi connectivity index (χ3n) is 5.57. The SMILES string of the molecule is Cc1cc(C)c(OCc2nc3ccccc3n2CC(O)COc2ccc([N+](=O)[O-])cc2)c(C)c1. The summed E-state index contributed by atoms with van der Waals surface area (Å²) in [5, 5.41) is 21.5. The molecule has 8 nitrogen and oxygen atoms in total. The van der Waals surface area contributed by atoms with Crippen LogP contribution in [0, 0.1) is 30.9 Å². The number of ether oxygens (including phenoxy) is 2. The summed E-state index contributed by atoms with van der Waals surface area (Å²) >= 11 is 0. The Morgan fingerprint density at radius 2 is 1.71 bits per heavy atom. The molecule has 34 heavy (non-hydrogen) atoms. The number of imidazole rings is 1. The molecule has 0 radical (unpaired) electrons. The minimum atomic E-state index is -0.825. The van der Waals surface area contributed by atoms with E-state index in [1.807, 2.05) is 42.7 Å². The van der Waals surface area contributed by atoms with Gasteiger partial charge in [-0.2, -0.15) is 0 Å². The predicted octanol–water partition coefficient (Wildman–Crippen LogP) is 4.89. The van der Waals surface area contributed by atoms with Gasteiger partial charge in [-0.3, -0.25) is 10.1 Å². The first kappa shape index (κ1) is 23.3. The quantitative estimate of drug-likeness (QED) is 0.281. The molecule has 8 heteroatoms. The number of aromatic nitrogens is 2. The average Bonchev–Trinajstić information content (AvgIpc) is 3.14. The van der Waals surface area contributed by atoms with Crippen molar-refractivity contribution in [3.05, 3.63) is 93.3 Å². The molecule has 1 atom stereocenters. The van der Waals surface area contributed by atoms with E-state index in [1.54, 1.807) is 0 Å². The number of non-ortho nitro benzene ring substituents is 1. The van der Waals surface area contributed by atoms with Crippen molar-refractivity contribution < 1.29 is 19.5 Å². The van der Waals surface area contributed by atoms with E-state index in [1.165, 1.54) is 29.8 Å². The van der Waals surface area contributed by atoms with Gasteiger partial charge in [0.05, 0.1) is 22.5 Å². The van der Waals surface area contributed by atoms with Gasteiger partial charge < -0.3 is 19.1 Å². The summed E-state index contributed by atoms with van der Waals surface area (Å²) in [6, 6.07) is 17.7. The van der Waals surface area contributed by atoms with Gasteiger partial charge in [0, 0.05) is 12.1 Å². The Bertz CT molecular complexity index is 1290. The number of fused-ring (bicyclic) bond motifs is 1. The number of aliphatic hydroxyl groups is 1. The molecule has 1 N–H and O–H groups in total. The van der Waals surface area contributed by atoms with Crippen molar-refractivity contribution in [3.8, 4) is 11.5 Å². The topological polar surface area (TPSA) is 99.7 Å². The van der Waals surface area contributed by atoms with Crippen LogP contribution in [-0.2, 0) is 13.2 Å². The van der Waals surface area contributed by atoms with E-state index in [4.69, 9.17) is 14.5 Å². The van der Waals surface area contributed by atoms with Crippen molar-refractivity contribution in [2.24, 2.45) is 0 Å². The summed E-state index contributed by atoms with van der Waals surface area (Å²) in [7, 11) is 0. The summed E-state index contributed by atoms with van der Waals surface area (Å²) in [5.74, 6) is 2.00. The van der Waals surface area contributed by atoms with Crippen LogP contribution in [0.3, 0.4) is 0 Å². The number of hydrogen-bond donors (Lipinski definition) is 1. The standard InChI is InChI=1S/C26H27N3O5/c1-17-12-18(2)26(19(3)13-17)34-16-25-27-23-6-4-5-7-24(23)28(25)14-21(30)15-33-22-10-8-20(9-11-22)29(31)32/h4-13,21,30H,14-16H2,1-3H3. The molecule has 0 fully saturated rings. The van der Waals surface area contributed by atoms with Crippen LogP contribution in [0.4, 0.5) is 5.69 Å². The van der Waals surface area contributed by atoms with E-state index < -0.39 is 11.0 Å². The smallest absolute Gasteiger partial charge is 0.269 e. The van der Waals surface area contributed by atoms with Gasteiger partial charge in [0.1, 0.15) is 36.6 Å². The van der Waals surface area contributed by atoms with Crippen molar-refractivity contribution in [2.45, 2.75) is 40.0 Å². The Morgan fingerprint density at radius 1 is 1.03 bits per heavy atom. The van der Waals surface area contributed by atoms with Gasteiger partial charge in [-0.1, -0.05) is 29.8 Å². The maximum absolute atomic E-state index is 10.8. The molecule has 1 heterocycles. The minimum Gasteiger partial charge on any atom is -0.491 e. The van der Waals surface area contributed by atoms with Crippen molar-refractivity contribution in [2.75, 3.05) is 6.61 Å². The Balaban J connectivity index is 1.49. The first-order valence-corrected chi connectivity index (χ1v) is 11.0. The number of rotatable bonds is 9. The number of aliphatic hydroxyl groups excluding tert-OH is 1. The Kier molecular flexibility index (Phi) is 6.79. The third-order valence-corrected chi connectivity index (χ3v) is 5.57. The van der Waals surface area contributed by atoms with Crippen molar-refractivity contribution >= 4 is 16.7 Å². The van der Waals surface area contributed by atoms with Gasteiger partial charge in [0.15, 0.2) is 0 Å². The number of para-hydroxylation sites is 2. The molecule has 0 saturated heterocycles. The molecule has 0 saturated carbocycles. The maximum atomic E-state index is 10.8. The first-order valence-electron chi connectivity index (χ1n) is 11.0. The molecule has 0 amide bonds. The summed E-state index contributed by atoms with van der Waals surface area (Å²) < 4.78 is 13.7. The molecule has 4 rings (SSSR count). The van der Waals surface area contributed by atoms with Crippen molar-refractivity contribution in [3.63, 3.8) is 0 Å². The molecule has 0 aliphatic rings. The van der Waals surface area contributed by atoms with Gasteiger partial charge in [-0.25, -0.2) is 4.98 Å². The van der Waals surface area contributed by atoms with E-state index in [0.29, 0.717) is 11.6 Å². The van der Waals surface area contributed by atoms with Crippen LogP contribution in [0.15, 0.2) is 60.7 Å². The summed E-state index contributed by atoms with van der Waals surface area (Å²) in [6.45, 7) is 6.66. The summed E-state index contributed by atoms with van der Waals surface area (Å²) in [6.07, 6.45) is -0.825. The first-order chi connectivity index (χ1) is 16.3. The fourth-order valence-electron chi connectivity index (χ4n) is 4.09. The lowest BCUT2D eigenvalue weighted by Gasteiger charge is -2.17. The predicted molar refractivity (Wildman–Crippen MR) is 129 cm³/mol. The molecule has 1 aromatic heterocycles. The van der Waals surface area contributed by atoms with E-state index in [2.05, 4.69) is 19.1 Å². The minimum absolute atomic E-state index is 0.0125. The molecule has 0 spiro atoms. The van der Waals surface area contributed by atoms with Crippen LogP contribution in [0.2, 0.25) is 0 Å². The van der Waals surface area contributed by atoms with E-state index in [0.717, 1.165) is 27.9 Å². The number of nitro groups is 1. The van der Waals surface area contributed by atoms with Crippen molar-refractivity contribution in [1.82, 2.24) is 9.55 Å². The lowest BCUT2D eigenvalue weighted by atomic mass is 10.1. The molecule has 4 aromatic rings. The molecule has 1 unspecified atom stereocenters. The second-order valence-electron chi connectivity index (χ2n) is 8.36. The third kappa shape index (κ3) is 5.18. The van der Waals surface area contributed by atoms with Crippen LogP contribution >= 0.6 is 0 Å². The van der Waals surface area contributed by atoms with Crippen LogP contribution in [-0.4, -0.2) is 32.3 Å². The molecule has 0 aliphatic heterocycles. The van der Waals surface area contributed by atoms with Gasteiger partial charge in [-0.05, 0) is 56.2 Å². The van der Waals surface area contributed by atoms with Crippen LogP contribution < -0.4 is 9.47 Å². The number of hydrogen-bond acceptors (Lipinski definition) is 6. The zero-order valence-corrected chi connectivity index (χ0v) is 19.4.